The molecule has 0 atom stereocenters. The molecule has 0 aromatic heterocycles. The van der Waals surface area contributed by atoms with Crippen LogP contribution in [0.15, 0.2) is 0 Å². The van der Waals surface area contributed by atoms with Crippen molar-refractivity contribution in [3.63, 3.8) is 0 Å². The van der Waals surface area contributed by atoms with Gasteiger partial charge in [0, 0.05) is 20.1 Å². The molecular formula is C5H12N2O2S. The average Bonchev–Trinajstić information content (AvgIpc) is 1.78. The lowest BCUT2D eigenvalue weighted by atomic mass is 10.6. The van der Waals surface area contributed by atoms with E-state index in [9.17, 15) is 8.42 Å². The summed E-state index contributed by atoms with van der Waals surface area (Å²) >= 11 is 0. The van der Waals surface area contributed by atoms with E-state index >= 15 is 0 Å². The quantitative estimate of drug-likeness (QED) is 0.468. The molecule has 60 valence electrons. The van der Waals surface area contributed by atoms with Crippen molar-refractivity contribution in [2.45, 2.75) is 0 Å². The van der Waals surface area contributed by atoms with Gasteiger partial charge in [0.05, 0.1) is 0 Å². The van der Waals surface area contributed by atoms with Crippen molar-refractivity contribution < 1.29 is 8.42 Å². The second-order valence-electron chi connectivity index (χ2n) is 2.64. The van der Waals surface area contributed by atoms with Gasteiger partial charge in [-0.05, 0) is 7.05 Å². The standard InChI is InChI=1S/C5H12N2O2S/c1-6-3-4-7(2)10(8,9)5-6/h3-5H2,1-2H3. The van der Waals surface area contributed by atoms with Crippen LogP contribution in [0.5, 0.6) is 0 Å². The van der Waals surface area contributed by atoms with Crippen molar-refractivity contribution in [3.8, 4) is 0 Å². The Morgan fingerprint density at radius 3 is 2.20 bits per heavy atom. The van der Waals surface area contributed by atoms with Crippen LogP contribution in [0.4, 0.5) is 0 Å². The molecule has 0 spiro atoms. The summed E-state index contributed by atoms with van der Waals surface area (Å²) in [6, 6.07) is 0. The molecule has 0 N–H and O–H groups in total. The molecule has 0 aromatic carbocycles. The maximum Gasteiger partial charge on any atom is 0.227 e. The topological polar surface area (TPSA) is 40.6 Å². The fourth-order valence-electron chi connectivity index (χ4n) is 0.892. The van der Waals surface area contributed by atoms with Gasteiger partial charge < -0.3 is 0 Å². The number of hydrogen-bond acceptors (Lipinski definition) is 3. The Morgan fingerprint density at radius 1 is 1.20 bits per heavy atom. The van der Waals surface area contributed by atoms with E-state index in [2.05, 4.69) is 0 Å². The van der Waals surface area contributed by atoms with E-state index in [1.165, 1.54) is 4.31 Å². The van der Waals surface area contributed by atoms with E-state index in [-0.39, 0.29) is 5.88 Å². The van der Waals surface area contributed by atoms with Gasteiger partial charge in [0.2, 0.25) is 10.0 Å². The summed E-state index contributed by atoms with van der Waals surface area (Å²) in [5, 5.41) is 0. The maximum absolute atomic E-state index is 11.1. The largest absolute Gasteiger partial charge is 0.290 e. The highest BCUT2D eigenvalue weighted by molar-refractivity contribution is 7.89. The molecule has 1 rings (SSSR count). The van der Waals surface area contributed by atoms with Crippen molar-refractivity contribution in [1.29, 1.82) is 0 Å². The minimum atomic E-state index is -2.95. The van der Waals surface area contributed by atoms with Crippen molar-refractivity contribution in [3.05, 3.63) is 0 Å². The van der Waals surface area contributed by atoms with Crippen LogP contribution in [-0.4, -0.2) is 50.7 Å². The third kappa shape index (κ3) is 1.47. The van der Waals surface area contributed by atoms with E-state index in [0.29, 0.717) is 6.54 Å². The first-order valence-corrected chi connectivity index (χ1v) is 4.76. The summed E-state index contributed by atoms with van der Waals surface area (Å²) in [6.45, 7) is 1.44. The van der Waals surface area contributed by atoms with Gasteiger partial charge in [0.25, 0.3) is 0 Å². The number of sulfonamides is 1. The summed E-state index contributed by atoms with van der Waals surface area (Å²) in [6.07, 6.45) is 0. The summed E-state index contributed by atoms with van der Waals surface area (Å²) < 4.78 is 23.5. The average molecular weight is 164 g/mol. The number of hydrogen-bond donors (Lipinski definition) is 0. The highest BCUT2D eigenvalue weighted by Crippen LogP contribution is 2.05. The summed E-state index contributed by atoms with van der Waals surface area (Å²) in [4.78, 5) is 1.80. The Morgan fingerprint density at radius 2 is 1.80 bits per heavy atom. The molecule has 0 radical (unpaired) electrons. The van der Waals surface area contributed by atoms with Crippen LogP contribution >= 0.6 is 0 Å². The number of likely N-dealkylation sites (N-methyl/N-ethyl adjacent to an activating group) is 2. The molecule has 0 amide bonds. The van der Waals surface area contributed by atoms with Gasteiger partial charge in [-0.2, -0.15) is 0 Å². The zero-order valence-electron chi connectivity index (χ0n) is 6.24. The molecule has 1 heterocycles. The molecule has 0 unspecified atom stereocenters. The van der Waals surface area contributed by atoms with E-state index in [0.717, 1.165) is 6.54 Å². The lowest BCUT2D eigenvalue weighted by Gasteiger charge is -2.28. The van der Waals surface area contributed by atoms with Crippen LogP contribution in [-0.2, 0) is 10.0 Å². The Kier molecular flexibility index (Phi) is 1.98. The highest BCUT2D eigenvalue weighted by Gasteiger charge is 2.24. The summed E-state index contributed by atoms with van der Waals surface area (Å²) in [5.74, 6) is 0.156. The Labute approximate surface area is 61.5 Å². The van der Waals surface area contributed by atoms with Gasteiger partial charge in [-0.3, -0.25) is 4.90 Å². The fraction of sp³-hybridized carbons (Fsp3) is 1.00. The van der Waals surface area contributed by atoms with Gasteiger partial charge >= 0.3 is 0 Å². The molecule has 1 aliphatic rings. The minimum absolute atomic E-state index is 0.156. The molecule has 1 fully saturated rings. The van der Waals surface area contributed by atoms with Crippen molar-refractivity contribution >= 4 is 10.0 Å². The molecule has 1 saturated heterocycles. The molecule has 4 nitrogen and oxygen atoms in total. The van der Waals surface area contributed by atoms with Crippen LogP contribution in [0.3, 0.4) is 0 Å². The van der Waals surface area contributed by atoms with E-state index < -0.39 is 10.0 Å². The SMILES string of the molecule is CN1CCN(C)S(=O)(=O)C1. The fourth-order valence-corrected chi connectivity index (χ4v) is 2.14. The molecule has 0 bridgehead atoms. The van der Waals surface area contributed by atoms with Gasteiger partial charge in [0.15, 0.2) is 0 Å². The van der Waals surface area contributed by atoms with Crippen molar-refractivity contribution in [1.82, 2.24) is 9.21 Å². The predicted molar refractivity (Wildman–Crippen MR) is 39.0 cm³/mol. The first kappa shape index (κ1) is 7.97. The minimum Gasteiger partial charge on any atom is -0.290 e. The lowest BCUT2D eigenvalue weighted by Crippen LogP contribution is -2.46. The van der Waals surface area contributed by atoms with Gasteiger partial charge in [-0.25, -0.2) is 12.7 Å². The third-order valence-electron chi connectivity index (χ3n) is 1.66. The highest BCUT2D eigenvalue weighted by atomic mass is 32.2. The Bertz CT molecular complexity index is 212. The van der Waals surface area contributed by atoms with Crippen LogP contribution in [0, 0.1) is 0 Å². The molecule has 5 heteroatoms. The first-order chi connectivity index (χ1) is 4.52. The van der Waals surface area contributed by atoms with Gasteiger partial charge in [0.1, 0.15) is 5.88 Å². The zero-order valence-corrected chi connectivity index (χ0v) is 7.06. The van der Waals surface area contributed by atoms with E-state index in [4.69, 9.17) is 0 Å². The lowest BCUT2D eigenvalue weighted by molar-refractivity contribution is 0.302. The molecular weight excluding hydrogens is 152 g/mol. The van der Waals surface area contributed by atoms with Crippen molar-refractivity contribution in [2.75, 3.05) is 33.1 Å². The Hall–Kier alpha value is -0.130. The molecule has 0 aliphatic carbocycles. The van der Waals surface area contributed by atoms with Crippen LogP contribution < -0.4 is 0 Å². The van der Waals surface area contributed by atoms with Gasteiger partial charge in [-0.15, -0.1) is 0 Å². The van der Waals surface area contributed by atoms with Gasteiger partial charge in [-0.1, -0.05) is 0 Å². The summed E-state index contributed by atoms with van der Waals surface area (Å²) in [7, 11) is 0.472. The second kappa shape index (κ2) is 2.48. The predicted octanol–water partition coefficient (Wildman–Crippen LogP) is -0.849. The van der Waals surface area contributed by atoms with E-state index in [1.54, 1.807) is 11.9 Å². The monoisotopic (exact) mass is 164 g/mol. The maximum atomic E-state index is 11.1. The van der Waals surface area contributed by atoms with Crippen LogP contribution in [0.25, 0.3) is 0 Å². The zero-order chi connectivity index (χ0) is 7.78. The molecule has 0 saturated carbocycles. The number of rotatable bonds is 0. The summed E-state index contributed by atoms with van der Waals surface area (Å²) in [5.41, 5.74) is 0. The molecule has 0 aromatic rings. The normalized spacial score (nSPS) is 28.6. The number of nitrogens with zero attached hydrogens (tertiary/aromatic N) is 2. The third-order valence-corrected chi connectivity index (χ3v) is 3.55. The Balaban J connectivity index is 2.74. The second-order valence-corrected chi connectivity index (χ2v) is 4.69. The van der Waals surface area contributed by atoms with Crippen LogP contribution in [0.2, 0.25) is 0 Å². The van der Waals surface area contributed by atoms with Crippen molar-refractivity contribution in [2.24, 2.45) is 0 Å². The first-order valence-electron chi connectivity index (χ1n) is 3.15. The van der Waals surface area contributed by atoms with E-state index in [1.807, 2.05) is 7.05 Å². The smallest absolute Gasteiger partial charge is 0.227 e. The molecule has 1 aliphatic heterocycles. The molecule has 10 heavy (non-hydrogen) atoms. The van der Waals surface area contributed by atoms with Crippen LogP contribution in [0.1, 0.15) is 0 Å².